The molecule has 20 heavy (non-hydrogen) atoms. The number of rotatable bonds is 4. The zero-order chi connectivity index (χ0) is 14.5. The number of hydrogen-bond acceptors (Lipinski definition) is 2. The minimum Gasteiger partial charge on any atom is -0.481 e. The Morgan fingerprint density at radius 2 is 1.80 bits per heavy atom. The van der Waals surface area contributed by atoms with Crippen molar-refractivity contribution < 1.29 is 9.53 Å². The first kappa shape index (κ1) is 14.7. The number of ether oxygens (including phenoxy) is 1. The Hall–Kier alpha value is -1.71. The maximum atomic E-state index is 12.0. The maximum Gasteiger partial charge on any atom is 0.265 e. The van der Waals surface area contributed by atoms with Crippen LogP contribution >= 0.6 is 23.2 Å². The predicted octanol–water partition coefficient (Wildman–Crippen LogP) is 4.40. The summed E-state index contributed by atoms with van der Waals surface area (Å²) in [5, 5.41) is 3.60. The summed E-state index contributed by atoms with van der Waals surface area (Å²) in [4.78, 5) is 12.0. The van der Waals surface area contributed by atoms with Gasteiger partial charge in [-0.05, 0) is 31.2 Å². The van der Waals surface area contributed by atoms with Crippen LogP contribution in [-0.2, 0) is 4.79 Å². The molecule has 0 bridgehead atoms. The fourth-order valence-electron chi connectivity index (χ4n) is 1.57. The summed E-state index contributed by atoms with van der Waals surface area (Å²) >= 11 is 11.7. The number of amides is 1. The number of nitrogens with one attached hydrogen (secondary N) is 1. The lowest BCUT2D eigenvalue weighted by atomic mass is 10.3. The topological polar surface area (TPSA) is 38.3 Å². The van der Waals surface area contributed by atoms with E-state index in [9.17, 15) is 4.79 Å². The van der Waals surface area contributed by atoms with Crippen molar-refractivity contribution in [2.45, 2.75) is 13.0 Å². The molecular formula is C15H13Cl2NO2. The molecule has 3 nitrogen and oxygen atoms in total. The highest BCUT2D eigenvalue weighted by Crippen LogP contribution is 2.26. The lowest BCUT2D eigenvalue weighted by molar-refractivity contribution is -0.122. The molecule has 2 aromatic rings. The average Bonchev–Trinajstić information content (AvgIpc) is 2.44. The first-order valence-corrected chi connectivity index (χ1v) is 6.79. The summed E-state index contributed by atoms with van der Waals surface area (Å²) in [6, 6.07) is 14.1. The SMILES string of the molecule is C[C@@H](Oc1ccc(Cl)c(Cl)c1)C(=O)Nc1ccccc1. The van der Waals surface area contributed by atoms with Gasteiger partial charge in [-0.15, -0.1) is 0 Å². The van der Waals surface area contributed by atoms with Crippen LogP contribution in [0.5, 0.6) is 5.75 Å². The van der Waals surface area contributed by atoms with E-state index >= 15 is 0 Å². The molecule has 104 valence electrons. The number of anilines is 1. The molecule has 2 aromatic carbocycles. The fourth-order valence-corrected chi connectivity index (χ4v) is 1.86. The van der Waals surface area contributed by atoms with Gasteiger partial charge in [-0.1, -0.05) is 41.4 Å². The maximum absolute atomic E-state index is 12.0. The number of benzene rings is 2. The lowest BCUT2D eigenvalue weighted by Gasteiger charge is -2.15. The molecule has 0 radical (unpaired) electrons. The van der Waals surface area contributed by atoms with Crippen LogP contribution in [0.4, 0.5) is 5.69 Å². The van der Waals surface area contributed by atoms with E-state index in [1.54, 1.807) is 25.1 Å². The number of hydrogen-bond donors (Lipinski definition) is 1. The van der Waals surface area contributed by atoms with Crippen LogP contribution in [0, 0.1) is 0 Å². The van der Waals surface area contributed by atoms with Gasteiger partial charge in [0, 0.05) is 11.8 Å². The van der Waals surface area contributed by atoms with Crippen LogP contribution in [0.1, 0.15) is 6.92 Å². The predicted molar refractivity (Wildman–Crippen MR) is 81.6 cm³/mol. The van der Waals surface area contributed by atoms with Gasteiger partial charge in [0.15, 0.2) is 6.10 Å². The van der Waals surface area contributed by atoms with E-state index in [1.807, 2.05) is 30.3 Å². The Labute approximate surface area is 127 Å². The summed E-state index contributed by atoms with van der Waals surface area (Å²) in [7, 11) is 0. The van der Waals surface area contributed by atoms with Gasteiger partial charge in [0.25, 0.3) is 5.91 Å². The van der Waals surface area contributed by atoms with Crippen molar-refractivity contribution in [1.29, 1.82) is 0 Å². The van der Waals surface area contributed by atoms with E-state index in [1.165, 1.54) is 0 Å². The van der Waals surface area contributed by atoms with Gasteiger partial charge in [0.05, 0.1) is 10.0 Å². The molecule has 0 aliphatic carbocycles. The van der Waals surface area contributed by atoms with Crippen LogP contribution in [0.15, 0.2) is 48.5 Å². The Bertz CT molecular complexity index is 602. The quantitative estimate of drug-likeness (QED) is 0.909. The minimum atomic E-state index is -0.646. The van der Waals surface area contributed by atoms with Crippen LogP contribution in [-0.4, -0.2) is 12.0 Å². The Morgan fingerprint density at radius 1 is 1.10 bits per heavy atom. The molecule has 0 aliphatic heterocycles. The summed E-state index contributed by atoms with van der Waals surface area (Å²) in [5.41, 5.74) is 0.724. The molecule has 0 aromatic heterocycles. The van der Waals surface area contributed by atoms with Crippen molar-refractivity contribution in [3.05, 3.63) is 58.6 Å². The van der Waals surface area contributed by atoms with Crippen molar-refractivity contribution in [2.75, 3.05) is 5.32 Å². The third-order valence-corrected chi connectivity index (χ3v) is 3.35. The third kappa shape index (κ3) is 3.89. The van der Waals surface area contributed by atoms with E-state index < -0.39 is 6.10 Å². The van der Waals surface area contributed by atoms with E-state index in [0.717, 1.165) is 5.69 Å². The first-order chi connectivity index (χ1) is 9.56. The van der Waals surface area contributed by atoms with Crippen molar-refractivity contribution in [3.8, 4) is 5.75 Å². The fraction of sp³-hybridized carbons (Fsp3) is 0.133. The van der Waals surface area contributed by atoms with Gasteiger partial charge >= 0.3 is 0 Å². The standard InChI is InChI=1S/C15H13Cl2NO2/c1-10(15(19)18-11-5-3-2-4-6-11)20-12-7-8-13(16)14(17)9-12/h2-10H,1H3,(H,18,19)/t10-/m1/s1. The molecule has 5 heteroatoms. The molecule has 2 rings (SSSR count). The second-order valence-electron chi connectivity index (χ2n) is 4.19. The highest BCUT2D eigenvalue weighted by Gasteiger charge is 2.15. The highest BCUT2D eigenvalue weighted by atomic mass is 35.5. The normalized spacial score (nSPS) is 11.8. The summed E-state index contributed by atoms with van der Waals surface area (Å²) in [6.45, 7) is 1.67. The van der Waals surface area contributed by atoms with Crippen LogP contribution < -0.4 is 10.1 Å². The molecule has 0 spiro atoms. The van der Waals surface area contributed by atoms with Crippen molar-refractivity contribution in [1.82, 2.24) is 0 Å². The molecule has 1 atom stereocenters. The molecule has 1 amide bonds. The van der Waals surface area contributed by atoms with Gasteiger partial charge in [-0.2, -0.15) is 0 Å². The summed E-state index contributed by atoms with van der Waals surface area (Å²) in [6.07, 6.45) is -0.646. The average molecular weight is 310 g/mol. The van der Waals surface area contributed by atoms with Gasteiger partial charge < -0.3 is 10.1 Å². The van der Waals surface area contributed by atoms with Crippen molar-refractivity contribution in [2.24, 2.45) is 0 Å². The van der Waals surface area contributed by atoms with Gasteiger partial charge in [0.2, 0.25) is 0 Å². The number of carbonyl (C=O) groups is 1. The Morgan fingerprint density at radius 3 is 2.45 bits per heavy atom. The van der Waals surface area contributed by atoms with E-state index in [0.29, 0.717) is 15.8 Å². The van der Waals surface area contributed by atoms with Crippen LogP contribution in [0.2, 0.25) is 10.0 Å². The van der Waals surface area contributed by atoms with E-state index in [4.69, 9.17) is 27.9 Å². The van der Waals surface area contributed by atoms with E-state index in [-0.39, 0.29) is 5.91 Å². The zero-order valence-corrected chi connectivity index (χ0v) is 12.3. The van der Waals surface area contributed by atoms with Crippen LogP contribution in [0.3, 0.4) is 0 Å². The Balaban J connectivity index is 1.98. The summed E-state index contributed by atoms with van der Waals surface area (Å²) in [5.74, 6) is 0.261. The third-order valence-electron chi connectivity index (χ3n) is 2.61. The molecular weight excluding hydrogens is 297 g/mol. The minimum absolute atomic E-state index is 0.234. The lowest BCUT2D eigenvalue weighted by Crippen LogP contribution is -2.30. The first-order valence-electron chi connectivity index (χ1n) is 6.04. The molecule has 0 fully saturated rings. The molecule has 0 heterocycles. The number of para-hydroxylation sites is 1. The van der Waals surface area contributed by atoms with Gasteiger partial charge in [-0.3, -0.25) is 4.79 Å². The highest BCUT2D eigenvalue weighted by molar-refractivity contribution is 6.42. The van der Waals surface area contributed by atoms with Crippen molar-refractivity contribution >= 4 is 34.8 Å². The summed E-state index contributed by atoms with van der Waals surface area (Å²) < 4.78 is 5.53. The zero-order valence-electron chi connectivity index (χ0n) is 10.8. The second kappa shape index (κ2) is 6.64. The molecule has 0 saturated carbocycles. The monoisotopic (exact) mass is 309 g/mol. The largest absolute Gasteiger partial charge is 0.481 e. The number of halogens is 2. The molecule has 1 N–H and O–H groups in total. The molecule has 0 unspecified atom stereocenters. The van der Waals surface area contributed by atoms with Crippen molar-refractivity contribution in [3.63, 3.8) is 0 Å². The van der Waals surface area contributed by atoms with E-state index in [2.05, 4.69) is 5.32 Å². The van der Waals surface area contributed by atoms with Crippen LogP contribution in [0.25, 0.3) is 0 Å². The Kier molecular flexibility index (Phi) is 4.88. The second-order valence-corrected chi connectivity index (χ2v) is 5.01. The number of carbonyl (C=O) groups excluding carboxylic acids is 1. The molecule has 0 aliphatic rings. The smallest absolute Gasteiger partial charge is 0.265 e. The molecule has 0 saturated heterocycles. The van der Waals surface area contributed by atoms with Gasteiger partial charge in [0.1, 0.15) is 5.75 Å². The van der Waals surface area contributed by atoms with Gasteiger partial charge in [-0.25, -0.2) is 0 Å².